The zero-order valence-electron chi connectivity index (χ0n) is 14.5. The minimum atomic E-state index is -0.519. The Bertz CT molecular complexity index is 675. The Balaban J connectivity index is 1.52. The lowest BCUT2D eigenvalue weighted by Gasteiger charge is -2.23. The van der Waals surface area contributed by atoms with Crippen molar-refractivity contribution in [2.75, 3.05) is 13.6 Å². The lowest BCUT2D eigenvalue weighted by molar-refractivity contribution is -0.126. The van der Waals surface area contributed by atoms with Gasteiger partial charge in [0.1, 0.15) is 5.75 Å². The lowest BCUT2D eigenvalue weighted by atomic mass is 9.98. The number of nitrogens with zero attached hydrogens (tertiary/aromatic N) is 1. The molecule has 6 heteroatoms. The Morgan fingerprint density at radius 3 is 2.52 bits per heavy atom. The summed E-state index contributed by atoms with van der Waals surface area (Å²) in [4.78, 5) is 24.9. The maximum absolute atomic E-state index is 12.1. The standard InChI is InChI=1S/C19H24N2O4/c1-21-12-16(17(22)19(21)24)18(23)20-11-13-7-9-15(10-8-13)25-14-5-3-2-4-6-14/h7-10,14,22H,2-6,11-12H2,1H3,(H,20,23). The van der Waals surface area contributed by atoms with Crippen LogP contribution in [0.25, 0.3) is 0 Å². The number of rotatable bonds is 5. The van der Waals surface area contributed by atoms with E-state index < -0.39 is 17.6 Å². The van der Waals surface area contributed by atoms with Gasteiger partial charge >= 0.3 is 0 Å². The van der Waals surface area contributed by atoms with Crippen LogP contribution in [0.4, 0.5) is 0 Å². The summed E-state index contributed by atoms with van der Waals surface area (Å²) >= 11 is 0. The van der Waals surface area contributed by atoms with Crippen LogP contribution in [-0.4, -0.2) is 41.5 Å². The Hall–Kier alpha value is -2.50. The van der Waals surface area contributed by atoms with Gasteiger partial charge in [-0.3, -0.25) is 9.59 Å². The summed E-state index contributed by atoms with van der Waals surface area (Å²) in [6, 6.07) is 7.66. The van der Waals surface area contributed by atoms with E-state index in [0.29, 0.717) is 12.6 Å². The number of hydrogen-bond acceptors (Lipinski definition) is 4. The highest BCUT2D eigenvalue weighted by atomic mass is 16.5. The molecule has 1 heterocycles. The predicted octanol–water partition coefficient (Wildman–Crippen LogP) is 2.30. The molecule has 25 heavy (non-hydrogen) atoms. The van der Waals surface area contributed by atoms with E-state index >= 15 is 0 Å². The lowest BCUT2D eigenvalue weighted by Crippen LogP contribution is -2.27. The SMILES string of the molecule is CN1CC(C(=O)NCc2ccc(OC3CCCCC3)cc2)=C(O)C1=O. The zero-order chi connectivity index (χ0) is 17.8. The molecule has 2 N–H and O–H groups in total. The van der Waals surface area contributed by atoms with Crippen LogP contribution in [0.2, 0.25) is 0 Å². The van der Waals surface area contributed by atoms with Crippen molar-refractivity contribution in [2.45, 2.75) is 44.8 Å². The number of benzene rings is 1. The monoisotopic (exact) mass is 344 g/mol. The number of carbonyl (C=O) groups excluding carboxylic acids is 2. The maximum atomic E-state index is 12.1. The molecule has 0 unspecified atom stereocenters. The Labute approximate surface area is 147 Å². The number of amides is 2. The number of aliphatic hydroxyl groups is 1. The van der Waals surface area contributed by atoms with E-state index in [1.54, 1.807) is 7.05 Å². The molecule has 3 rings (SSSR count). The van der Waals surface area contributed by atoms with Crippen LogP contribution in [0, 0.1) is 0 Å². The van der Waals surface area contributed by atoms with Crippen LogP contribution in [-0.2, 0) is 16.1 Å². The molecule has 1 aromatic carbocycles. The molecule has 1 fully saturated rings. The number of nitrogens with one attached hydrogen (secondary N) is 1. The Morgan fingerprint density at radius 2 is 1.92 bits per heavy atom. The molecule has 6 nitrogen and oxygen atoms in total. The van der Waals surface area contributed by atoms with Gasteiger partial charge < -0.3 is 20.1 Å². The van der Waals surface area contributed by atoms with Gasteiger partial charge in [-0.2, -0.15) is 0 Å². The van der Waals surface area contributed by atoms with Crippen molar-refractivity contribution in [1.82, 2.24) is 10.2 Å². The summed E-state index contributed by atoms with van der Waals surface area (Å²) in [5.41, 5.74) is 1.05. The normalized spacial score (nSPS) is 18.6. The first-order valence-electron chi connectivity index (χ1n) is 8.76. The first-order chi connectivity index (χ1) is 12.0. The number of ether oxygens (including phenoxy) is 1. The topological polar surface area (TPSA) is 78.9 Å². The van der Waals surface area contributed by atoms with Crippen molar-refractivity contribution in [1.29, 1.82) is 0 Å². The van der Waals surface area contributed by atoms with E-state index in [1.165, 1.54) is 24.2 Å². The minimum Gasteiger partial charge on any atom is -0.503 e. The van der Waals surface area contributed by atoms with Gasteiger partial charge in [0.15, 0.2) is 5.76 Å². The quantitative estimate of drug-likeness (QED) is 0.859. The van der Waals surface area contributed by atoms with Crippen LogP contribution in [0.1, 0.15) is 37.7 Å². The summed E-state index contributed by atoms with van der Waals surface area (Å²) in [5.74, 6) is -0.548. The highest BCUT2D eigenvalue weighted by Gasteiger charge is 2.31. The molecule has 2 amide bonds. The molecule has 1 aromatic rings. The average Bonchev–Trinajstić information content (AvgIpc) is 2.89. The second kappa shape index (κ2) is 7.59. The second-order valence-electron chi connectivity index (χ2n) is 6.69. The van der Waals surface area contributed by atoms with Gasteiger partial charge in [0, 0.05) is 13.6 Å². The summed E-state index contributed by atoms with van der Waals surface area (Å²) in [6.07, 6.45) is 6.30. The molecule has 1 aliphatic carbocycles. The molecule has 1 saturated carbocycles. The van der Waals surface area contributed by atoms with E-state index in [4.69, 9.17) is 4.74 Å². The van der Waals surface area contributed by atoms with Crippen molar-refractivity contribution in [3.05, 3.63) is 41.2 Å². The smallest absolute Gasteiger partial charge is 0.289 e. The maximum Gasteiger partial charge on any atom is 0.289 e. The molecule has 2 aliphatic rings. The summed E-state index contributed by atoms with van der Waals surface area (Å²) in [6.45, 7) is 0.460. The fourth-order valence-electron chi connectivity index (χ4n) is 3.22. The Kier molecular flexibility index (Phi) is 5.26. The van der Waals surface area contributed by atoms with Crippen LogP contribution in [0.3, 0.4) is 0 Å². The first kappa shape index (κ1) is 17.3. The molecule has 0 aromatic heterocycles. The molecule has 0 saturated heterocycles. The molecular weight excluding hydrogens is 320 g/mol. The van der Waals surface area contributed by atoms with Gasteiger partial charge in [0.05, 0.1) is 18.2 Å². The molecule has 0 spiro atoms. The molecular formula is C19H24N2O4. The van der Waals surface area contributed by atoms with Gasteiger partial charge in [-0.1, -0.05) is 18.6 Å². The van der Waals surface area contributed by atoms with Crippen molar-refractivity contribution in [2.24, 2.45) is 0 Å². The third kappa shape index (κ3) is 4.13. The van der Waals surface area contributed by atoms with Crippen LogP contribution < -0.4 is 10.1 Å². The summed E-state index contributed by atoms with van der Waals surface area (Å²) in [7, 11) is 1.55. The molecule has 0 atom stereocenters. The number of aliphatic hydroxyl groups excluding tert-OH is 1. The van der Waals surface area contributed by atoms with Crippen molar-refractivity contribution in [3.63, 3.8) is 0 Å². The van der Waals surface area contributed by atoms with Crippen molar-refractivity contribution < 1.29 is 19.4 Å². The van der Waals surface area contributed by atoms with Gasteiger partial charge in [-0.25, -0.2) is 0 Å². The van der Waals surface area contributed by atoms with Crippen LogP contribution in [0.15, 0.2) is 35.6 Å². The van der Waals surface area contributed by atoms with Crippen molar-refractivity contribution in [3.8, 4) is 5.75 Å². The number of likely N-dealkylation sites (N-methyl/N-ethyl adjacent to an activating group) is 1. The molecule has 0 radical (unpaired) electrons. The third-order valence-electron chi connectivity index (χ3n) is 4.74. The van der Waals surface area contributed by atoms with E-state index in [0.717, 1.165) is 24.2 Å². The van der Waals surface area contributed by atoms with Gasteiger partial charge in [0.25, 0.3) is 11.8 Å². The second-order valence-corrected chi connectivity index (χ2v) is 6.69. The first-order valence-corrected chi connectivity index (χ1v) is 8.76. The van der Waals surface area contributed by atoms with Gasteiger partial charge in [-0.05, 0) is 43.4 Å². The van der Waals surface area contributed by atoms with E-state index in [-0.39, 0.29) is 12.1 Å². The number of hydrogen-bond donors (Lipinski definition) is 2. The van der Waals surface area contributed by atoms with Crippen LogP contribution in [0.5, 0.6) is 5.75 Å². The number of carbonyl (C=O) groups is 2. The van der Waals surface area contributed by atoms with Crippen LogP contribution >= 0.6 is 0 Å². The largest absolute Gasteiger partial charge is 0.503 e. The summed E-state index contributed by atoms with van der Waals surface area (Å²) < 4.78 is 5.98. The van der Waals surface area contributed by atoms with E-state index in [2.05, 4.69) is 5.32 Å². The average molecular weight is 344 g/mol. The highest BCUT2D eigenvalue weighted by Crippen LogP contribution is 2.23. The van der Waals surface area contributed by atoms with Gasteiger partial charge in [-0.15, -0.1) is 0 Å². The highest BCUT2D eigenvalue weighted by molar-refractivity contribution is 6.06. The summed E-state index contributed by atoms with van der Waals surface area (Å²) in [5, 5.41) is 12.4. The third-order valence-corrected chi connectivity index (χ3v) is 4.74. The van der Waals surface area contributed by atoms with E-state index in [1.807, 2.05) is 24.3 Å². The van der Waals surface area contributed by atoms with Crippen molar-refractivity contribution >= 4 is 11.8 Å². The fourth-order valence-corrected chi connectivity index (χ4v) is 3.22. The van der Waals surface area contributed by atoms with Gasteiger partial charge in [0.2, 0.25) is 0 Å². The molecule has 0 bridgehead atoms. The van der Waals surface area contributed by atoms with E-state index in [9.17, 15) is 14.7 Å². The molecule has 134 valence electrons. The fraction of sp³-hybridized carbons (Fsp3) is 0.474. The Morgan fingerprint density at radius 1 is 1.24 bits per heavy atom. The molecule has 1 aliphatic heterocycles. The minimum absolute atomic E-state index is 0.116. The predicted molar refractivity (Wildman–Crippen MR) is 93.1 cm³/mol. The zero-order valence-corrected chi connectivity index (χ0v) is 14.5.